The summed E-state index contributed by atoms with van der Waals surface area (Å²) in [5.41, 5.74) is 2.99. The molecule has 2 aromatic carbocycles. The van der Waals surface area contributed by atoms with Crippen molar-refractivity contribution in [1.29, 1.82) is 0 Å². The van der Waals surface area contributed by atoms with Gasteiger partial charge in [-0.15, -0.1) is 0 Å². The van der Waals surface area contributed by atoms with Gasteiger partial charge in [-0.3, -0.25) is 14.8 Å². The van der Waals surface area contributed by atoms with Crippen LogP contribution in [-0.2, 0) is 4.79 Å². The van der Waals surface area contributed by atoms with Gasteiger partial charge in [-0.1, -0.05) is 12.6 Å². The molecular formula is C33H30FN7O3. The van der Waals surface area contributed by atoms with Gasteiger partial charge in [0.25, 0.3) is 0 Å². The third kappa shape index (κ3) is 6.26. The van der Waals surface area contributed by atoms with Crippen LogP contribution in [0.15, 0.2) is 92.0 Å². The number of methoxy groups -OCH3 is 1. The van der Waals surface area contributed by atoms with E-state index in [0.717, 1.165) is 18.5 Å². The summed E-state index contributed by atoms with van der Waals surface area (Å²) in [7, 11) is 1.60. The zero-order valence-corrected chi connectivity index (χ0v) is 24.0. The van der Waals surface area contributed by atoms with Gasteiger partial charge in [-0.05, 0) is 55.3 Å². The number of ether oxygens (including phenoxy) is 2. The van der Waals surface area contributed by atoms with Gasteiger partial charge >= 0.3 is 0 Å². The topological polar surface area (TPSA) is 114 Å². The summed E-state index contributed by atoms with van der Waals surface area (Å²) in [6, 6.07) is 17.5. The van der Waals surface area contributed by atoms with Crippen LogP contribution in [-0.4, -0.2) is 57.0 Å². The van der Waals surface area contributed by atoms with Gasteiger partial charge in [0.05, 0.1) is 35.4 Å². The number of carbonyl (C=O) groups is 1. The van der Waals surface area contributed by atoms with Crippen molar-refractivity contribution in [3.05, 3.63) is 97.9 Å². The Balaban J connectivity index is 1.20. The zero-order valence-electron chi connectivity index (χ0n) is 24.0. The molecular weight excluding hydrogens is 561 g/mol. The standard InChI is InChI=1S/C33H30FN7O3/c1-3-32(42)41-14-10-21(11-15-41)39-30-18-24-28(19-31(30)43-2)37-20-38-33(24)40-26-8-7-22(16-25(26)34)44-23-9-13-36-29(17-23)27-6-4-5-12-35-27/h3-9,12-13,16-21,39H,1,10-11,14-15H2,2H3,(H,37,38,40). The summed E-state index contributed by atoms with van der Waals surface area (Å²) in [6.45, 7) is 4.85. The molecule has 4 heterocycles. The van der Waals surface area contributed by atoms with Gasteiger partial charge in [0.1, 0.15) is 35.2 Å². The van der Waals surface area contributed by atoms with E-state index in [9.17, 15) is 4.79 Å². The predicted octanol–water partition coefficient (Wildman–Crippen LogP) is 6.36. The van der Waals surface area contributed by atoms with E-state index in [4.69, 9.17) is 9.47 Å². The molecule has 0 unspecified atom stereocenters. The number of aromatic nitrogens is 4. The van der Waals surface area contributed by atoms with E-state index >= 15 is 4.39 Å². The van der Waals surface area contributed by atoms with E-state index in [0.29, 0.717) is 58.4 Å². The van der Waals surface area contributed by atoms with Crippen LogP contribution in [0.3, 0.4) is 0 Å². The zero-order chi connectivity index (χ0) is 30.5. The number of nitrogens with one attached hydrogen (secondary N) is 2. The number of fused-ring (bicyclic) bond motifs is 1. The summed E-state index contributed by atoms with van der Waals surface area (Å²) >= 11 is 0. The summed E-state index contributed by atoms with van der Waals surface area (Å²) in [5.74, 6) is 1.33. The molecule has 0 radical (unpaired) electrons. The molecule has 44 heavy (non-hydrogen) atoms. The Bertz CT molecular complexity index is 1810. The molecule has 0 aliphatic carbocycles. The molecule has 0 atom stereocenters. The first-order valence-electron chi connectivity index (χ1n) is 14.1. The fourth-order valence-corrected chi connectivity index (χ4v) is 5.11. The highest BCUT2D eigenvalue weighted by molar-refractivity contribution is 5.95. The molecule has 1 amide bonds. The quantitative estimate of drug-likeness (QED) is 0.189. The van der Waals surface area contributed by atoms with Gasteiger partial charge in [-0.25, -0.2) is 14.4 Å². The molecule has 0 saturated carbocycles. The minimum Gasteiger partial charge on any atom is -0.495 e. The number of carbonyl (C=O) groups excluding carboxylic acids is 1. The second kappa shape index (κ2) is 12.7. The molecule has 3 aromatic heterocycles. The summed E-state index contributed by atoms with van der Waals surface area (Å²) < 4.78 is 26.9. The van der Waals surface area contributed by atoms with Gasteiger partial charge < -0.3 is 25.0 Å². The van der Waals surface area contributed by atoms with Crippen molar-refractivity contribution in [2.24, 2.45) is 0 Å². The number of likely N-dealkylation sites (tertiary alicyclic amines) is 1. The van der Waals surface area contributed by atoms with Crippen molar-refractivity contribution in [1.82, 2.24) is 24.8 Å². The minimum absolute atomic E-state index is 0.0569. The maximum atomic E-state index is 15.3. The van der Waals surface area contributed by atoms with Crippen molar-refractivity contribution in [3.8, 4) is 28.6 Å². The van der Waals surface area contributed by atoms with E-state index in [1.165, 1.54) is 18.5 Å². The fourth-order valence-electron chi connectivity index (χ4n) is 5.11. The van der Waals surface area contributed by atoms with Crippen LogP contribution in [0.4, 0.5) is 21.6 Å². The highest BCUT2D eigenvalue weighted by atomic mass is 19.1. The first kappa shape index (κ1) is 28.5. The number of nitrogens with zero attached hydrogens (tertiary/aromatic N) is 5. The average molecular weight is 592 g/mol. The number of rotatable bonds is 9. The van der Waals surface area contributed by atoms with Crippen molar-refractivity contribution in [3.63, 3.8) is 0 Å². The number of hydrogen-bond acceptors (Lipinski definition) is 9. The Hall–Kier alpha value is -5.58. The highest BCUT2D eigenvalue weighted by Crippen LogP contribution is 2.35. The largest absolute Gasteiger partial charge is 0.495 e. The number of hydrogen-bond donors (Lipinski definition) is 2. The van der Waals surface area contributed by atoms with Crippen molar-refractivity contribution in [2.75, 3.05) is 30.8 Å². The summed E-state index contributed by atoms with van der Waals surface area (Å²) in [6.07, 6.45) is 7.64. The number of anilines is 3. The summed E-state index contributed by atoms with van der Waals surface area (Å²) in [4.78, 5) is 31.2. The predicted molar refractivity (Wildman–Crippen MR) is 167 cm³/mol. The Labute approximate surface area is 253 Å². The third-order valence-electron chi connectivity index (χ3n) is 7.39. The number of halogens is 1. The SMILES string of the molecule is C=CC(=O)N1CCC(Nc2cc3c(Nc4ccc(Oc5ccnc(-c6ccccn6)c5)cc4F)ncnc3cc2OC)CC1. The third-order valence-corrected chi connectivity index (χ3v) is 7.39. The lowest BCUT2D eigenvalue weighted by atomic mass is 10.0. The molecule has 2 N–H and O–H groups in total. The van der Waals surface area contributed by atoms with Gasteiger partial charge in [0.15, 0.2) is 0 Å². The molecule has 1 saturated heterocycles. The lowest BCUT2D eigenvalue weighted by molar-refractivity contribution is -0.126. The van der Waals surface area contributed by atoms with Crippen LogP contribution in [0.2, 0.25) is 0 Å². The number of piperidine rings is 1. The molecule has 6 rings (SSSR count). The number of pyridine rings is 2. The Kier molecular flexibility index (Phi) is 8.26. The van der Waals surface area contributed by atoms with Crippen LogP contribution in [0.5, 0.6) is 17.2 Å². The van der Waals surface area contributed by atoms with Crippen molar-refractivity contribution >= 4 is 34.0 Å². The summed E-state index contributed by atoms with van der Waals surface area (Å²) in [5, 5.41) is 7.34. The van der Waals surface area contributed by atoms with E-state index < -0.39 is 5.82 Å². The maximum absolute atomic E-state index is 15.3. The minimum atomic E-state index is -0.513. The Morgan fingerprint density at radius 3 is 2.52 bits per heavy atom. The van der Waals surface area contributed by atoms with Crippen LogP contribution < -0.4 is 20.1 Å². The molecule has 5 aromatic rings. The molecule has 1 aliphatic heterocycles. The second-order valence-electron chi connectivity index (χ2n) is 10.2. The van der Waals surface area contributed by atoms with Crippen molar-refractivity contribution < 1.29 is 18.7 Å². The fraction of sp³-hybridized carbons (Fsp3) is 0.182. The highest BCUT2D eigenvalue weighted by Gasteiger charge is 2.23. The Morgan fingerprint density at radius 1 is 0.955 bits per heavy atom. The molecule has 222 valence electrons. The van der Waals surface area contributed by atoms with E-state index in [1.807, 2.05) is 30.3 Å². The normalized spacial score (nSPS) is 13.4. The second-order valence-corrected chi connectivity index (χ2v) is 10.2. The Morgan fingerprint density at radius 2 is 1.77 bits per heavy atom. The van der Waals surface area contributed by atoms with E-state index in [1.54, 1.807) is 48.7 Å². The van der Waals surface area contributed by atoms with E-state index in [2.05, 4.69) is 37.1 Å². The molecule has 10 nitrogen and oxygen atoms in total. The average Bonchev–Trinajstić information content (AvgIpc) is 3.06. The molecule has 11 heteroatoms. The molecule has 1 fully saturated rings. The number of benzene rings is 2. The first-order valence-corrected chi connectivity index (χ1v) is 14.1. The van der Waals surface area contributed by atoms with E-state index in [-0.39, 0.29) is 17.6 Å². The van der Waals surface area contributed by atoms with Crippen LogP contribution in [0, 0.1) is 5.82 Å². The van der Waals surface area contributed by atoms with Crippen LogP contribution in [0.25, 0.3) is 22.3 Å². The number of amides is 1. The van der Waals surface area contributed by atoms with Gasteiger partial charge in [-0.2, -0.15) is 0 Å². The monoisotopic (exact) mass is 591 g/mol. The van der Waals surface area contributed by atoms with Gasteiger partial charge in [0.2, 0.25) is 5.91 Å². The van der Waals surface area contributed by atoms with Crippen LogP contribution >= 0.6 is 0 Å². The lowest BCUT2D eigenvalue weighted by Crippen LogP contribution is -2.41. The van der Waals surface area contributed by atoms with Gasteiger partial charge in [0, 0.05) is 55.1 Å². The lowest BCUT2D eigenvalue weighted by Gasteiger charge is -2.32. The molecule has 0 bridgehead atoms. The maximum Gasteiger partial charge on any atom is 0.245 e. The van der Waals surface area contributed by atoms with Crippen LogP contribution in [0.1, 0.15) is 12.8 Å². The smallest absolute Gasteiger partial charge is 0.245 e. The first-order chi connectivity index (χ1) is 21.5. The van der Waals surface area contributed by atoms with Crippen molar-refractivity contribution in [2.45, 2.75) is 18.9 Å². The molecule has 1 aliphatic rings. The molecule has 0 spiro atoms.